The van der Waals surface area contributed by atoms with E-state index in [9.17, 15) is 4.79 Å². The molecule has 1 amide bonds. The maximum atomic E-state index is 11.0. The van der Waals surface area contributed by atoms with Gasteiger partial charge in [0.1, 0.15) is 10.7 Å². The first kappa shape index (κ1) is 12.8. The molecule has 0 atom stereocenters. The Hall–Kier alpha value is -2.25. The molecule has 0 unspecified atom stereocenters. The van der Waals surface area contributed by atoms with Crippen LogP contribution in [0.1, 0.15) is 10.6 Å². The maximum Gasteiger partial charge on any atom is 0.287 e. The summed E-state index contributed by atoms with van der Waals surface area (Å²) in [5.41, 5.74) is 6.30. The van der Waals surface area contributed by atoms with Crippen LogP contribution in [0, 0.1) is 0 Å². The van der Waals surface area contributed by atoms with Gasteiger partial charge in [-0.25, -0.2) is 0 Å². The minimum atomic E-state index is -0.681. The van der Waals surface area contributed by atoms with Crippen molar-refractivity contribution in [1.82, 2.24) is 15.4 Å². The Morgan fingerprint density at radius 3 is 2.70 bits per heavy atom. The van der Waals surface area contributed by atoms with Crippen molar-refractivity contribution >= 4 is 28.8 Å². The van der Waals surface area contributed by atoms with Gasteiger partial charge in [-0.2, -0.15) is 0 Å². The largest absolute Gasteiger partial charge is 0.363 e. The van der Waals surface area contributed by atoms with E-state index in [1.165, 1.54) is 17.4 Å². The van der Waals surface area contributed by atoms with Crippen LogP contribution < -0.4 is 5.73 Å². The molecule has 0 aliphatic rings. The van der Waals surface area contributed by atoms with Gasteiger partial charge in [-0.3, -0.25) is 4.79 Å². The first-order valence-electron chi connectivity index (χ1n) is 5.50. The molecular weight excluding hydrogens is 300 g/mol. The number of halogens is 1. The highest BCUT2D eigenvalue weighted by Gasteiger charge is 2.16. The van der Waals surface area contributed by atoms with Crippen LogP contribution >= 0.6 is 22.9 Å². The van der Waals surface area contributed by atoms with E-state index >= 15 is 0 Å². The molecule has 0 fully saturated rings. The van der Waals surface area contributed by atoms with E-state index in [2.05, 4.69) is 15.4 Å². The van der Waals surface area contributed by atoms with Gasteiger partial charge < -0.3 is 10.3 Å². The van der Waals surface area contributed by atoms with Crippen LogP contribution in [0.3, 0.4) is 0 Å². The summed E-state index contributed by atoms with van der Waals surface area (Å²) in [5.74, 6) is -0.700. The maximum absolute atomic E-state index is 11.0. The van der Waals surface area contributed by atoms with Crippen molar-refractivity contribution in [3.63, 3.8) is 0 Å². The molecule has 0 saturated heterocycles. The fourth-order valence-electron chi connectivity index (χ4n) is 1.56. The first-order chi connectivity index (χ1) is 9.65. The van der Waals surface area contributed by atoms with Gasteiger partial charge in [-0.15, -0.1) is 10.2 Å². The number of hydrogen-bond acceptors (Lipinski definition) is 6. The number of primary amides is 1. The molecule has 3 rings (SSSR count). The van der Waals surface area contributed by atoms with Crippen LogP contribution in [0.5, 0.6) is 0 Å². The summed E-state index contributed by atoms with van der Waals surface area (Å²) in [6, 6.07) is 8.76. The summed E-state index contributed by atoms with van der Waals surface area (Å²) in [6.45, 7) is 0. The normalized spacial score (nSPS) is 10.7. The van der Waals surface area contributed by atoms with Crippen LogP contribution in [0.4, 0.5) is 0 Å². The van der Waals surface area contributed by atoms with Gasteiger partial charge in [0.25, 0.3) is 5.91 Å². The summed E-state index contributed by atoms with van der Waals surface area (Å²) < 4.78 is 4.81. The number of benzene rings is 1. The van der Waals surface area contributed by atoms with Gasteiger partial charge in [-0.1, -0.05) is 46.3 Å². The molecule has 0 radical (unpaired) electrons. The van der Waals surface area contributed by atoms with Crippen molar-refractivity contribution in [3.8, 4) is 21.3 Å². The second-order valence-electron chi connectivity index (χ2n) is 3.83. The molecule has 0 aliphatic heterocycles. The fourth-order valence-corrected chi connectivity index (χ4v) is 2.68. The van der Waals surface area contributed by atoms with E-state index < -0.39 is 5.91 Å². The van der Waals surface area contributed by atoms with Crippen LogP contribution in [0.25, 0.3) is 21.3 Å². The lowest BCUT2D eigenvalue weighted by atomic mass is 10.2. The fraction of sp³-hybridized carbons (Fsp3) is 0. The Balaban J connectivity index is 1.98. The molecule has 2 N–H and O–H groups in total. The van der Waals surface area contributed by atoms with Crippen molar-refractivity contribution in [3.05, 3.63) is 41.1 Å². The molecule has 6 nitrogen and oxygen atoms in total. The molecule has 3 aromatic rings. The number of carbonyl (C=O) groups is 1. The molecule has 0 bridgehead atoms. The average Bonchev–Trinajstić information content (AvgIpc) is 3.08. The third kappa shape index (κ3) is 2.28. The number of amides is 1. The van der Waals surface area contributed by atoms with Crippen LogP contribution in [-0.2, 0) is 0 Å². The summed E-state index contributed by atoms with van der Waals surface area (Å²) in [6.07, 6.45) is 0. The molecule has 2 heterocycles. The number of nitrogens with zero attached hydrogens (tertiary/aromatic N) is 3. The van der Waals surface area contributed by atoms with Crippen molar-refractivity contribution in [2.24, 2.45) is 5.73 Å². The zero-order valence-corrected chi connectivity index (χ0v) is 11.5. The molecule has 2 aromatic heterocycles. The monoisotopic (exact) mass is 306 g/mol. The molecule has 0 saturated carbocycles. The molecule has 100 valence electrons. The van der Waals surface area contributed by atoms with Crippen molar-refractivity contribution in [1.29, 1.82) is 0 Å². The second kappa shape index (κ2) is 5.03. The zero-order chi connectivity index (χ0) is 14.1. The topological polar surface area (TPSA) is 94.9 Å². The van der Waals surface area contributed by atoms with Gasteiger partial charge in [0.05, 0.1) is 5.02 Å². The van der Waals surface area contributed by atoms with Crippen molar-refractivity contribution in [2.75, 3.05) is 0 Å². The summed E-state index contributed by atoms with van der Waals surface area (Å²) >= 11 is 7.40. The highest BCUT2D eigenvalue weighted by Crippen LogP contribution is 2.33. The number of nitrogens with two attached hydrogens (primary N) is 1. The third-order valence-corrected chi connectivity index (χ3v) is 3.81. The Kier molecular flexibility index (Phi) is 3.21. The van der Waals surface area contributed by atoms with E-state index in [1.54, 1.807) is 6.07 Å². The van der Waals surface area contributed by atoms with Gasteiger partial charge in [0.15, 0.2) is 5.01 Å². The number of rotatable bonds is 3. The Bertz CT molecular complexity index is 783. The van der Waals surface area contributed by atoms with Crippen LogP contribution in [-0.4, -0.2) is 21.3 Å². The molecular formula is C12H7ClN4O2S. The Morgan fingerprint density at radius 2 is 2.00 bits per heavy atom. The zero-order valence-electron chi connectivity index (χ0n) is 9.91. The Labute approximate surface area is 122 Å². The third-order valence-electron chi connectivity index (χ3n) is 2.50. The summed E-state index contributed by atoms with van der Waals surface area (Å²) in [4.78, 5) is 11.0. The minimum absolute atomic E-state index is 0.0190. The second-order valence-corrected chi connectivity index (χ2v) is 5.22. The molecule has 0 spiro atoms. The van der Waals surface area contributed by atoms with E-state index in [1.807, 2.05) is 18.2 Å². The Morgan fingerprint density at radius 1 is 1.25 bits per heavy atom. The van der Waals surface area contributed by atoms with E-state index in [-0.39, 0.29) is 5.76 Å². The average molecular weight is 307 g/mol. The van der Waals surface area contributed by atoms with Crippen LogP contribution in [0.2, 0.25) is 5.02 Å². The van der Waals surface area contributed by atoms with Gasteiger partial charge in [0, 0.05) is 11.6 Å². The van der Waals surface area contributed by atoms with Gasteiger partial charge in [0.2, 0.25) is 5.76 Å². The predicted molar refractivity (Wildman–Crippen MR) is 74.4 cm³/mol. The number of aromatic nitrogens is 3. The summed E-state index contributed by atoms with van der Waals surface area (Å²) in [7, 11) is 0. The smallest absolute Gasteiger partial charge is 0.287 e. The predicted octanol–water partition coefficient (Wildman–Crippen LogP) is 2.61. The lowest BCUT2D eigenvalue weighted by Gasteiger charge is -1.96. The van der Waals surface area contributed by atoms with Gasteiger partial charge in [-0.05, 0) is 6.07 Å². The van der Waals surface area contributed by atoms with E-state index in [0.29, 0.717) is 20.7 Å². The lowest BCUT2D eigenvalue weighted by molar-refractivity contribution is 0.0965. The lowest BCUT2D eigenvalue weighted by Crippen LogP contribution is -2.09. The molecule has 0 aliphatic carbocycles. The highest BCUT2D eigenvalue weighted by molar-refractivity contribution is 7.17. The standard InChI is InChI=1S/C12H7ClN4O2S/c13-7-4-2-1-3-6(7)11-15-16-12(20-11)8-5-9(10(14)18)19-17-8/h1-5H,(H2,14,18). The first-order valence-corrected chi connectivity index (χ1v) is 6.70. The van der Waals surface area contributed by atoms with Crippen molar-refractivity contribution < 1.29 is 9.32 Å². The minimum Gasteiger partial charge on any atom is -0.363 e. The quantitative estimate of drug-likeness (QED) is 0.802. The van der Waals surface area contributed by atoms with E-state index in [4.69, 9.17) is 21.9 Å². The van der Waals surface area contributed by atoms with E-state index in [0.717, 1.165) is 5.56 Å². The molecule has 20 heavy (non-hydrogen) atoms. The van der Waals surface area contributed by atoms with Gasteiger partial charge >= 0.3 is 0 Å². The molecule has 8 heteroatoms. The molecule has 1 aromatic carbocycles. The summed E-state index contributed by atoms with van der Waals surface area (Å²) in [5, 5.41) is 13.6. The van der Waals surface area contributed by atoms with Crippen LogP contribution in [0.15, 0.2) is 34.9 Å². The number of carbonyl (C=O) groups excluding carboxylic acids is 1. The SMILES string of the molecule is NC(=O)c1cc(-c2nnc(-c3ccccc3Cl)s2)no1. The van der Waals surface area contributed by atoms with Crippen molar-refractivity contribution in [2.45, 2.75) is 0 Å². The number of hydrogen-bond donors (Lipinski definition) is 1. The highest BCUT2D eigenvalue weighted by atomic mass is 35.5.